The van der Waals surface area contributed by atoms with Gasteiger partial charge in [0.25, 0.3) is 0 Å². The first kappa shape index (κ1) is 10.2. The maximum absolute atomic E-state index is 10.5. The Labute approximate surface area is 79.0 Å². The fraction of sp³-hybridized carbons (Fsp3) is 0.800. The highest BCUT2D eigenvalue weighted by atomic mass is 16.6. The Hall–Kier alpha value is -0.860. The minimum Gasteiger partial charge on any atom is -0.259 e. The molecule has 0 heterocycles. The van der Waals surface area contributed by atoms with Crippen molar-refractivity contribution in [2.24, 2.45) is 5.92 Å². The number of nitro groups is 1. The second-order valence-electron chi connectivity index (χ2n) is 3.67. The van der Waals surface area contributed by atoms with Crippen molar-refractivity contribution in [1.29, 1.82) is 0 Å². The van der Waals surface area contributed by atoms with E-state index in [1.807, 2.05) is 13.0 Å². The van der Waals surface area contributed by atoms with E-state index in [-0.39, 0.29) is 4.92 Å². The molecule has 1 saturated carbocycles. The van der Waals surface area contributed by atoms with Crippen LogP contribution in [0, 0.1) is 16.0 Å². The maximum atomic E-state index is 10.5. The van der Waals surface area contributed by atoms with Gasteiger partial charge in [-0.05, 0) is 24.8 Å². The smallest absolute Gasteiger partial charge is 0.242 e. The highest BCUT2D eigenvalue weighted by molar-refractivity contribution is 4.96. The zero-order valence-electron chi connectivity index (χ0n) is 8.16. The van der Waals surface area contributed by atoms with Crippen LogP contribution in [-0.2, 0) is 0 Å². The van der Waals surface area contributed by atoms with Gasteiger partial charge in [-0.1, -0.05) is 26.2 Å². The zero-order valence-corrected chi connectivity index (χ0v) is 8.16. The van der Waals surface area contributed by atoms with E-state index in [1.165, 1.54) is 19.3 Å². The fourth-order valence-corrected chi connectivity index (χ4v) is 1.88. The van der Waals surface area contributed by atoms with Crippen molar-refractivity contribution < 1.29 is 4.92 Å². The fourth-order valence-electron chi connectivity index (χ4n) is 1.88. The predicted octanol–water partition coefficient (Wildman–Crippen LogP) is 3.14. The van der Waals surface area contributed by atoms with Crippen LogP contribution < -0.4 is 0 Å². The standard InChI is InChI=1S/C10H17NO2/c1-2-10(11(12)13)8-9-6-4-3-5-7-9/h8-9H,2-7H2,1H3/b10-8-. The van der Waals surface area contributed by atoms with Crippen LogP contribution in [0.2, 0.25) is 0 Å². The number of hydrogen-bond donors (Lipinski definition) is 0. The van der Waals surface area contributed by atoms with Crippen LogP contribution in [0.25, 0.3) is 0 Å². The molecule has 0 amide bonds. The van der Waals surface area contributed by atoms with Gasteiger partial charge in [0.15, 0.2) is 0 Å². The van der Waals surface area contributed by atoms with Gasteiger partial charge in [-0.2, -0.15) is 0 Å². The van der Waals surface area contributed by atoms with Crippen LogP contribution in [0.3, 0.4) is 0 Å². The largest absolute Gasteiger partial charge is 0.259 e. The first-order valence-electron chi connectivity index (χ1n) is 5.09. The van der Waals surface area contributed by atoms with E-state index in [1.54, 1.807) is 0 Å². The molecule has 1 aliphatic carbocycles. The van der Waals surface area contributed by atoms with Crippen molar-refractivity contribution >= 4 is 0 Å². The van der Waals surface area contributed by atoms with Crippen molar-refractivity contribution in [2.45, 2.75) is 45.4 Å². The summed E-state index contributed by atoms with van der Waals surface area (Å²) in [6.45, 7) is 1.84. The molecule has 0 aromatic rings. The lowest BCUT2D eigenvalue weighted by atomic mass is 9.88. The van der Waals surface area contributed by atoms with Crippen LogP contribution in [0.15, 0.2) is 11.8 Å². The van der Waals surface area contributed by atoms with E-state index >= 15 is 0 Å². The van der Waals surface area contributed by atoms with Crippen LogP contribution >= 0.6 is 0 Å². The molecule has 0 aromatic heterocycles. The van der Waals surface area contributed by atoms with Gasteiger partial charge in [0, 0.05) is 6.42 Å². The molecule has 1 fully saturated rings. The SMILES string of the molecule is CC/C(=C/C1CCCCC1)[N+](=O)[O-]. The zero-order chi connectivity index (χ0) is 9.68. The molecular formula is C10H17NO2. The van der Waals surface area contributed by atoms with E-state index in [0.29, 0.717) is 18.0 Å². The first-order valence-corrected chi connectivity index (χ1v) is 5.09. The third kappa shape index (κ3) is 3.17. The van der Waals surface area contributed by atoms with Crippen molar-refractivity contribution in [2.75, 3.05) is 0 Å². The van der Waals surface area contributed by atoms with Crippen LogP contribution in [0.1, 0.15) is 45.4 Å². The van der Waals surface area contributed by atoms with E-state index in [2.05, 4.69) is 0 Å². The Morgan fingerprint density at radius 3 is 2.54 bits per heavy atom. The van der Waals surface area contributed by atoms with Crippen molar-refractivity contribution in [3.05, 3.63) is 21.9 Å². The molecule has 3 nitrogen and oxygen atoms in total. The van der Waals surface area contributed by atoms with Crippen molar-refractivity contribution in [1.82, 2.24) is 0 Å². The quantitative estimate of drug-likeness (QED) is 0.498. The molecule has 0 N–H and O–H groups in total. The predicted molar refractivity (Wildman–Crippen MR) is 51.9 cm³/mol. The third-order valence-corrected chi connectivity index (χ3v) is 2.67. The van der Waals surface area contributed by atoms with E-state index in [4.69, 9.17) is 0 Å². The highest BCUT2D eigenvalue weighted by Crippen LogP contribution is 2.26. The number of allylic oxidation sites excluding steroid dienone is 2. The first-order chi connectivity index (χ1) is 6.24. The monoisotopic (exact) mass is 183 g/mol. The maximum Gasteiger partial charge on any atom is 0.242 e. The average Bonchev–Trinajstić information content (AvgIpc) is 2.15. The lowest BCUT2D eigenvalue weighted by Crippen LogP contribution is -2.06. The lowest BCUT2D eigenvalue weighted by Gasteiger charge is -2.17. The van der Waals surface area contributed by atoms with Gasteiger partial charge < -0.3 is 0 Å². The normalized spacial score (nSPS) is 20.2. The van der Waals surface area contributed by atoms with Crippen LogP contribution in [-0.4, -0.2) is 4.92 Å². The highest BCUT2D eigenvalue weighted by Gasteiger charge is 2.15. The van der Waals surface area contributed by atoms with E-state index in [9.17, 15) is 10.1 Å². The molecule has 0 aromatic carbocycles. The Morgan fingerprint density at radius 2 is 2.08 bits per heavy atom. The molecule has 0 atom stereocenters. The van der Waals surface area contributed by atoms with Crippen molar-refractivity contribution in [3.63, 3.8) is 0 Å². The van der Waals surface area contributed by atoms with Gasteiger partial charge in [-0.25, -0.2) is 0 Å². The number of nitrogens with zero attached hydrogens (tertiary/aromatic N) is 1. The molecule has 1 rings (SSSR count). The summed E-state index contributed by atoms with van der Waals surface area (Å²) in [5.41, 5.74) is 0.395. The van der Waals surface area contributed by atoms with Gasteiger partial charge in [0.05, 0.1) is 4.92 Å². The van der Waals surface area contributed by atoms with Gasteiger partial charge in [-0.15, -0.1) is 0 Å². The molecule has 0 saturated heterocycles. The average molecular weight is 183 g/mol. The Bertz CT molecular complexity index is 205. The van der Waals surface area contributed by atoms with Gasteiger partial charge >= 0.3 is 0 Å². The topological polar surface area (TPSA) is 43.1 Å². The summed E-state index contributed by atoms with van der Waals surface area (Å²) in [5, 5.41) is 10.5. The molecular weight excluding hydrogens is 166 g/mol. The summed E-state index contributed by atoms with van der Waals surface area (Å²) in [4.78, 5) is 10.3. The molecule has 3 heteroatoms. The number of rotatable bonds is 3. The summed E-state index contributed by atoms with van der Waals surface area (Å²) in [6.07, 6.45) is 8.45. The molecule has 74 valence electrons. The molecule has 0 bridgehead atoms. The Balaban J connectivity index is 2.54. The Kier molecular flexibility index (Phi) is 3.93. The molecule has 0 spiro atoms. The van der Waals surface area contributed by atoms with Crippen molar-refractivity contribution in [3.8, 4) is 0 Å². The van der Waals surface area contributed by atoms with Gasteiger partial charge in [-0.3, -0.25) is 10.1 Å². The van der Waals surface area contributed by atoms with E-state index in [0.717, 1.165) is 12.8 Å². The molecule has 0 radical (unpaired) electrons. The molecule has 13 heavy (non-hydrogen) atoms. The van der Waals surface area contributed by atoms with Gasteiger partial charge in [0.1, 0.15) is 0 Å². The van der Waals surface area contributed by atoms with Crippen LogP contribution in [0.4, 0.5) is 0 Å². The van der Waals surface area contributed by atoms with Gasteiger partial charge in [0.2, 0.25) is 5.70 Å². The second kappa shape index (κ2) is 5.00. The Morgan fingerprint density at radius 1 is 1.46 bits per heavy atom. The molecule has 0 aliphatic heterocycles. The minimum absolute atomic E-state index is 0.241. The second-order valence-corrected chi connectivity index (χ2v) is 3.67. The number of hydrogen-bond acceptors (Lipinski definition) is 2. The summed E-state index contributed by atoms with van der Waals surface area (Å²) in [7, 11) is 0. The summed E-state index contributed by atoms with van der Waals surface area (Å²) in [5.74, 6) is 0.467. The van der Waals surface area contributed by atoms with E-state index < -0.39 is 0 Å². The molecule has 1 aliphatic rings. The third-order valence-electron chi connectivity index (χ3n) is 2.67. The summed E-state index contributed by atoms with van der Waals surface area (Å²) >= 11 is 0. The van der Waals surface area contributed by atoms with Crippen LogP contribution in [0.5, 0.6) is 0 Å². The molecule has 0 unspecified atom stereocenters. The summed E-state index contributed by atoms with van der Waals surface area (Å²) < 4.78 is 0. The minimum atomic E-state index is -0.241. The lowest BCUT2D eigenvalue weighted by molar-refractivity contribution is -0.428. The summed E-state index contributed by atoms with van der Waals surface area (Å²) in [6, 6.07) is 0.